The Labute approximate surface area is 208 Å². The van der Waals surface area contributed by atoms with Gasteiger partial charge in [-0.2, -0.15) is 0 Å². The van der Waals surface area contributed by atoms with Gasteiger partial charge in [-0.05, 0) is 74.5 Å². The molecule has 4 aromatic rings. The summed E-state index contributed by atoms with van der Waals surface area (Å²) in [5, 5.41) is 13.0. The Bertz CT molecular complexity index is 1220. The van der Waals surface area contributed by atoms with Crippen molar-refractivity contribution < 1.29 is 4.79 Å². The molecule has 0 unspecified atom stereocenters. The maximum absolute atomic E-state index is 12.7. The number of hydrogen-bond acceptors (Lipinski definition) is 6. The fraction of sp³-hybridized carbons (Fsp3) is 0.200. The second-order valence-corrected chi connectivity index (χ2v) is 8.79. The van der Waals surface area contributed by atoms with Gasteiger partial charge in [0.05, 0.1) is 5.75 Å². The first-order valence-corrected chi connectivity index (χ1v) is 12.3. The summed E-state index contributed by atoms with van der Waals surface area (Å²) < 4.78 is 1.92. The van der Waals surface area contributed by atoms with E-state index in [1.807, 2.05) is 65.2 Å². The van der Waals surface area contributed by atoms with E-state index < -0.39 is 0 Å². The van der Waals surface area contributed by atoms with Crippen LogP contribution in [0.5, 0.6) is 0 Å². The minimum absolute atomic E-state index is 0.114. The van der Waals surface area contributed by atoms with Crippen LogP contribution in [0.15, 0.2) is 78.2 Å². The number of pyridine rings is 1. The summed E-state index contributed by atoms with van der Waals surface area (Å²) in [4.78, 5) is 19.0. The second-order valence-electron chi connectivity index (χ2n) is 7.41. The van der Waals surface area contributed by atoms with Crippen LogP contribution < -0.4 is 10.2 Å². The van der Waals surface area contributed by atoms with Gasteiger partial charge >= 0.3 is 0 Å². The lowest BCUT2D eigenvalue weighted by molar-refractivity contribution is -0.113. The van der Waals surface area contributed by atoms with Crippen molar-refractivity contribution in [3.8, 4) is 17.1 Å². The van der Waals surface area contributed by atoms with E-state index in [4.69, 9.17) is 11.6 Å². The molecule has 0 bridgehead atoms. The summed E-state index contributed by atoms with van der Waals surface area (Å²) in [6, 6.07) is 19.1. The van der Waals surface area contributed by atoms with Crippen LogP contribution in [-0.4, -0.2) is 44.5 Å². The molecule has 0 aliphatic carbocycles. The van der Waals surface area contributed by atoms with Gasteiger partial charge in [0, 0.05) is 53.1 Å². The smallest absolute Gasteiger partial charge is 0.234 e. The molecule has 34 heavy (non-hydrogen) atoms. The van der Waals surface area contributed by atoms with E-state index in [1.54, 1.807) is 12.4 Å². The maximum atomic E-state index is 12.7. The number of halogens is 1. The molecule has 9 heteroatoms. The van der Waals surface area contributed by atoms with Gasteiger partial charge in [0.15, 0.2) is 11.0 Å². The molecule has 0 aliphatic rings. The van der Waals surface area contributed by atoms with Gasteiger partial charge in [0.2, 0.25) is 5.91 Å². The van der Waals surface area contributed by atoms with Crippen molar-refractivity contribution in [3.63, 3.8) is 0 Å². The highest BCUT2D eigenvalue weighted by Gasteiger charge is 2.17. The predicted molar refractivity (Wildman–Crippen MR) is 139 cm³/mol. The first-order chi connectivity index (χ1) is 16.6. The lowest BCUT2D eigenvalue weighted by Gasteiger charge is -2.21. The molecule has 0 fully saturated rings. The third kappa shape index (κ3) is 5.58. The highest BCUT2D eigenvalue weighted by atomic mass is 35.5. The highest BCUT2D eigenvalue weighted by molar-refractivity contribution is 7.99. The molecular formula is C25H25ClN6OS. The van der Waals surface area contributed by atoms with Crippen LogP contribution in [-0.2, 0) is 4.79 Å². The zero-order chi connectivity index (χ0) is 23.9. The van der Waals surface area contributed by atoms with E-state index >= 15 is 0 Å². The number of carbonyl (C=O) groups is 1. The van der Waals surface area contributed by atoms with Crippen LogP contribution in [0, 0.1) is 0 Å². The van der Waals surface area contributed by atoms with Crippen molar-refractivity contribution in [2.45, 2.75) is 19.0 Å². The third-order valence-electron chi connectivity index (χ3n) is 5.27. The van der Waals surface area contributed by atoms with Crippen LogP contribution >= 0.6 is 23.4 Å². The zero-order valence-corrected chi connectivity index (χ0v) is 20.6. The first kappa shape index (κ1) is 23.8. The van der Waals surface area contributed by atoms with E-state index in [-0.39, 0.29) is 11.7 Å². The number of nitrogens with one attached hydrogen (secondary N) is 1. The molecule has 0 radical (unpaired) electrons. The van der Waals surface area contributed by atoms with Gasteiger partial charge in [-0.25, -0.2) is 0 Å². The van der Waals surface area contributed by atoms with Crippen LogP contribution in [0.3, 0.4) is 0 Å². The van der Waals surface area contributed by atoms with Gasteiger partial charge in [-0.1, -0.05) is 23.4 Å². The van der Waals surface area contributed by atoms with Crippen molar-refractivity contribution in [1.29, 1.82) is 0 Å². The number of amides is 1. The number of nitrogens with zero attached hydrogens (tertiary/aromatic N) is 5. The number of thioether (sulfide) groups is 1. The van der Waals surface area contributed by atoms with Crippen LogP contribution in [0.4, 0.5) is 11.4 Å². The van der Waals surface area contributed by atoms with Crippen LogP contribution in [0.25, 0.3) is 17.1 Å². The van der Waals surface area contributed by atoms with Gasteiger partial charge in [0.25, 0.3) is 0 Å². The summed E-state index contributed by atoms with van der Waals surface area (Å²) in [6.07, 6.45) is 3.42. The van der Waals surface area contributed by atoms with Gasteiger partial charge in [0.1, 0.15) is 0 Å². The number of aromatic nitrogens is 4. The molecular weight excluding hydrogens is 468 g/mol. The summed E-state index contributed by atoms with van der Waals surface area (Å²) in [5.74, 6) is 0.746. The molecule has 0 aliphatic heterocycles. The molecule has 0 saturated heterocycles. The summed E-state index contributed by atoms with van der Waals surface area (Å²) in [5.41, 5.74) is 3.63. The summed E-state index contributed by atoms with van der Waals surface area (Å²) >= 11 is 7.41. The second kappa shape index (κ2) is 11.2. The summed E-state index contributed by atoms with van der Waals surface area (Å²) in [7, 11) is 0. The molecule has 7 nitrogen and oxygen atoms in total. The molecule has 1 amide bonds. The molecule has 1 N–H and O–H groups in total. The fourth-order valence-corrected chi connectivity index (χ4v) is 4.42. The maximum Gasteiger partial charge on any atom is 0.234 e. The molecule has 0 atom stereocenters. The van der Waals surface area contributed by atoms with Crippen LogP contribution in [0.1, 0.15) is 13.8 Å². The minimum Gasteiger partial charge on any atom is -0.372 e. The Kier molecular flexibility index (Phi) is 7.82. The Hall–Kier alpha value is -3.36. The van der Waals surface area contributed by atoms with Gasteiger partial charge < -0.3 is 10.2 Å². The molecule has 174 valence electrons. The largest absolute Gasteiger partial charge is 0.372 e. The molecule has 2 heterocycles. The van der Waals surface area contributed by atoms with Crippen molar-refractivity contribution in [2.24, 2.45) is 0 Å². The molecule has 0 saturated carbocycles. The first-order valence-electron chi connectivity index (χ1n) is 11.0. The standard InChI is InChI=1S/C25H25ClN6OS/c1-3-31(4-2)21-11-7-20(8-12-21)28-23(33)17-34-25-30-29-24(18-13-15-27-16-14-18)32(25)22-9-5-19(26)6-10-22/h5-16H,3-4,17H2,1-2H3,(H,28,33). The quantitative estimate of drug-likeness (QED) is 0.308. The average molecular weight is 493 g/mol. The van der Waals surface area contributed by atoms with Crippen LogP contribution in [0.2, 0.25) is 5.02 Å². The minimum atomic E-state index is -0.114. The van der Waals surface area contributed by atoms with Crippen molar-refractivity contribution >= 4 is 40.6 Å². The van der Waals surface area contributed by atoms with E-state index in [0.29, 0.717) is 16.0 Å². The van der Waals surface area contributed by atoms with E-state index in [9.17, 15) is 4.79 Å². The predicted octanol–water partition coefficient (Wildman–Crippen LogP) is 5.56. The normalized spacial score (nSPS) is 10.8. The van der Waals surface area contributed by atoms with E-state index in [1.165, 1.54) is 11.8 Å². The Morgan fingerprint density at radius 3 is 2.29 bits per heavy atom. The third-order valence-corrected chi connectivity index (χ3v) is 6.45. The lowest BCUT2D eigenvalue weighted by Crippen LogP contribution is -2.21. The van der Waals surface area contributed by atoms with Gasteiger partial charge in [-0.3, -0.25) is 14.3 Å². The van der Waals surface area contributed by atoms with E-state index in [0.717, 1.165) is 35.7 Å². The monoisotopic (exact) mass is 492 g/mol. The van der Waals surface area contributed by atoms with Gasteiger partial charge in [-0.15, -0.1) is 10.2 Å². The Morgan fingerprint density at radius 2 is 1.65 bits per heavy atom. The SMILES string of the molecule is CCN(CC)c1ccc(NC(=O)CSc2nnc(-c3ccncc3)n2-c2ccc(Cl)cc2)cc1. The van der Waals surface area contributed by atoms with E-state index in [2.05, 4.69) is 39.2 Å². The average Bonchev–Trinajstić information content (AvgIpc) is 3.29. The molecule has 2 aromatic heterocycles. The zero-order valence-electron chi connectivity index (χ0n) is 19.0. The molecule has 2 aromatic carbocycles. The summed E-state index contributed by atoms with van der Waals surface area (Å²) in [6.45, 7) is 6.13. The molecule has 4 rings (SSSR count). The number of benzene rings is 2. The number of anilines is 2. The Balaban J connectivity index is 1.50. The molecule has 0 spiro atoms. The number of carbonyl (C=O) groups excluding carboxylic acids is 1. The van der Waals surface area contributed by atoms with Crippen molar-refractivity contribution in [2.75, 3.05) is 29.1 Å². The topological polar surface area (TPSA) is 75.9 Å². The van der Waals surface area contributed by atoms with Crippen molar-refractivity contribution in [3.05, 3.63) is 78.1 Å². The Morgan fingerprint density at radius 1 is 0.971 bits per heavy atom. The fourth-order valence-electron chi connectivity index (χ4n) is 3.55. The van der Waals surface area contributed by atoms with Crippen molar-refractivity contribution in [1.82, 2.24) is 19.7 Å². The number of rotatable bonds is 9. The highest BCUT2D eigenvalue weighted by Crippen LogP contribution is 2.28. The lowest BCUT2D eigenvalue weighted by atomic mass is 10.2. The number of hydrogen-bond donors (Lipinski definition) is 1.